The van der Waals surface area contributed by atoms with E-state index in [0.717, 1.165) is 38.5 Å². The van der Waals surface area contributed by atoms with Crippen LogP contribution in [0.5, 0.6) is 0 Å². The predicted molar refractivity (Wildman–Crippen MR) is 114 cm³/mol. The lowest BCUT2D eigenvalue weighted by Crippen LogP contribution is -2.56. The van der Waals surface area contributed by atoms with Crippen LogP contribution >= 0.6 is 0 Å². The standard InChI is InChI=1S/C25H40O3/c1-7-23(4)11-10-20-18(13-23)8-9-21-24(5,14-19(26)15-25(20,21)6)16-28-22(27)12-17(2)3/h7-8,17,19-21,26H,1,9-16H2,2-6H3/t19-,20-,21-,23-,24+,25-/m0/s1. The summed E-state index contributed by atoms with van der Waals surface area (Å²) >= 11 is 0. The number of hydrogen-bond acceptors (Lipinski definition) is 3. The van der Waals surface area contributed by atoms with Crippen molar-refractivity contribution < 1.29 is 14.6 Å². The van der Waals surface area contributed by atoms with Crippen LogP contribution in [-0.2, 0) is 9.53 Å². The van der Waals surface area contributed by atoms with Crippen LogP contribution in [0.2, 0.25) is 0 Å². The van der Waals surface area contributed by atoms with Gasteiger partial charge < -0.3 is 9.84 Å². The number of allylic oxidation sites excluding steroid dienone is 3. The number of fused-ring (bicyclic) bond motifs is 3. The molecule has 0 aromatic carbocycles. The molecule has 28 heavy (non-hydrogen) atoms. The highest BCUT2D eigenvalue weighted by Crippen LogP contribution is 2.63. The van der Waals surface area contributed by atoms with Gasteiger partial charge in [0.2, 0.25) is 0 Å². The predicted octanol–water partition coefficient (Wildman–Crippen LogP) is 5.68. The lowest BCUT2D eigenvalue weighted by Gasteiger charge is -2.60. The molecule has 0 aliphatic heterocycles. The summed E-state index contributed by atoms with van der Waals surface area (Å²) < 4.78 is 5.74. The van der Waals surface area contributed by atoms with Gasteiger partial charge in [-0.25, -0.2) is 0 Å². The number of hydrogen-bond donors (Lipinski definition) is 1. The zero-order chi connectivity index (χ0) is 20.7. The molecule has 0 radical (unpaired) electrons. The Balaban J connectivity index is 1.83. The van der Waals surface area contributed by atoms with E-state index in [4.69, 9.17) is 4.74 Å². The highest BCUT2D eigenvalue weighted by molar-refractivity contribution is 5.69. The molecule has 2 fully saturated rings. The van der Waals surface area contributed by atoms with Crippen molar-refractivity contribution in [2.24, 2.45) is 34.0 Å². The lowest BCUT2D eigenvalue weighted by molar-refractivity contribution is -0.162. The van der Waals surface area contributed by atoms with Gasteiger partial charge in [0.1, 0.15) is 0 Å². The minimum absolute atomic E-state index is 0.0729. The number of aliphatic hydroxyl groups is 1. The van der Waals surface area contributed by atoms with Gasteiger partial charge in [-0.1, -0.05) is 52.3 Å². The van der Waals surface area contributed by atoms with Crippen molar-refractivity contribution in [3.05, 3.63) is 24.3 Å². The summed E-state index contributed by atoms with van der Waals surface area (Å²) in [5.41, 5.74) is 1.68. The summed E-state index contributed by atoms with van der Waals surface area (Å²) in [5, 5.41) is 10.8. The summed E-state index contributed by atoms with van der Waals surface area (Å²) in [6.45, 7) is 15.5. The molecule has 3 aliphatic carbocycles. The molecule has 0 bridgehead atoms. The van der Waals surface area contributed by atoms with Gasteiger partial charge in [0, 0.05) is 11.8 Å². The third kappa shape index (κ3) is 3.97. The van der Waals surface area contributed by atoms with Crippen LogP contribution in [0.3, 0.4) is 0 Å². The van der Waals surface area contributed by atoms with Gasteiger partial charge in [0.15, 0.2) is 0 Å². The minimum atomic E-state index is -0.317. The van der Waals surface area contributed by atoms with Crippen LogP contribution in [-0.4, -0.2) is 23.8 Å². The number of carbonyl (C=O) groups excluding carboxylic acids is 1. The first kappa shape index (κ1) is 21.6. The first-order chi connectivity index (χ1) is 13.0. The fourth-order valence-corrected chi connectivity index (χ4v) is 6.68. The Bertz CT molecular complexity index is 650. The van der Waals surface area contributed by atoms with E-state index >= 15 is 0 Å². The maximum Gasteiger partial charge on any atom is 0.306 e. The van der Waals surface area contributed by atoms with Gasteiger partial charge in [-0.3, -0.25) is 4.79 Å². The molecule has 158 valence electrons. The second-order valence-corrected chi connectivity index (χ2v) is 11.2. The Labute approximate surface area is 171 Å². The van der Waals surface area contributed by atoms with Crippen molar-refractivity contribution in [2.75, 3.05) is 6.61 Å². The van der Waals surface area contributed by atoms with Crippen molar-refractivity contribution in [1.82, 2.24) is 0 Å². The molecule has 0 unspecified atom stereocenters. The Morgan fingerprint density at radius 2 is 2.07 bits per heavy atom. The Hall–Kier alpha value is -1.09. The van der Waals surface area contributed by atoms with Gasteiger partial charge >= 0.3 is 5.97 Å². The largest absolute Gasteiger partial charge is 0.465 e. The average Bonchev–Trinajstić information content (AvgIpc) is 2.58. The monoisotopic (exact) mass is 388 g/mol. The van der Waals surface area contributed by atoms with Crippen LogP contribution in [0.25, 0.3) is 0 Å². The summed E-state index contributed by atoms with van der Waals surface area (Å²) in [6, 6.07) is 0. The SMILES string of the molecule is C=C[C@@]1(C)CC[C@H]2C(=CC[C@H]3[C@@](C)(COC(=O)CC(C)C)C[C@H](O)C[C@@]23C)C1. The van der Waals surface area contributed by atoms with E-state index in [1.165, 1.54) is 0 Å². The molecule has 0 aromatic heterocycles. The molecular formula is C25H40O3. The quantitative estimate of drug-likeness (QED) is 0.487. The highest BCUT2D eigenvalue weighted by atomic mass is 16.5. The Morgan fingerprint density at radius 1 is 1.36 bits per heavy atom. The summed E-state index contributed by atoms with van der Waals surface area (Å²) in [5.74, 6) is 1.17. The van der Waals surface area contributed by atoms with Crippen LogP contribution < -0.4 is 0 Å². The molecule has 0 spiro atoms. The highest BCUT2D eigenvalue weighted by Gasteiger charge is 2.57. The number of carbonyl (C=O) groups is 1. The van der Waals surface area contributed by atoms with Gasteiger partial charge in [0.25, 0.3) is 0 Å². The molecule has 2 saturated carbocycles. The van der Waals surface area contributed by atoms with Crippen molar-refractivity contribution in [3.63, 3.8) is 0 Å². The molecule has 3 aliphatic rings. The number of aliphatic hydroxyl groups excluding tert-OH is 1. The second-order valence-electron chi connectivity index (χ2n) is 11.2. The van der Waals surface area contributed by atoms with Crippen LogP contribution in [0.4, 0.5) is 0 Å². The van der Waals surface area contributed by atoms with Crippen molar-refractivity contribution in [1.29, 1.82) is 0 Å². The van der Waals surface area contributed by atoms with Crippen LogP contribution in [0.15, 0.2) is 24.3 Å². The fraction of sp³-hybridized carbons (Fsp3) is 0.800. The summed E-state index contributed by atoms with van der Waals surface area (Å²) in [6.07, 6.45) is 10.8. The van der Waals surface area contributed by atoms with Crippen LogP contribution in [0.1, 0.15) is 79.6 Å². The second kappa shape index (κ2) is 7.63. The van der Waals surface area contributed by atoms with E-state index in [1.807, 2.05) is 13.8 Å². The number of ether oxygens (including phenoxy) is 1. The first-order valence-electron chi connectivity index (χ1n) is 11.2. The van der Waals surface area contributed by atoms with E-state index in [0.29, 0.717) is 30.8 Å². The van der Waals surface area contributed by atoms with Gasteiger partial charge in [-0.15, -0.1) is 6.58 Å². The fourth-order valence-electron chi connectivity index (χ4n) is 6.68. The van der Waals surface area contributed by atoms with E-state index in [2.05, 4.69) is 39.5 Å². The topological polar surface area (TPSA) is 46.5 Å². The molecule has 3 rings (SSSR count). The third-order valence-corrected chi connectivity index (χ3v) is 8.12. The third-order valence-electron chi connectivity index (χ3n) is 8.12. The van der Waals surface area contributed by atoms with E-state index in [9.17, 15) is 9.90 Å². The summed E-state index contributed by atoms with van der Waals surface area (Å²) in [7, 11) is 0. The number of esters is 1. The van der Waals surface area contributed by atoms with Crippen LogP contribution in [0, 0.1) is 34.0 Å². The maximum atomic E-state index is 12.2. The van der Waals surface area contributed by atoms with E-state index in [1.54, 1.807) is 5.57 Å². The van der Waals surface area contributed by atoms with Crippen molar-refractivity contribution >= 4 is 5.97 Å². The minimum Gasteiger partial charge on any atom is -0.465 e. The van der Waals surface area contributed by atoms with E-state index in [-0.39, 0.29) is 28.3 Å². The Kier molecular flexibility index (Phi) is 5.89. The normalized spacial score (nSPS) is 43.0. The smallest absolute Gasteiger partial charge is 0.306 e. The zero-order valence-corrected chi connectivity index (χ0v) is 18.6. The molecule has 0 amide bonds. The van der Waals surface area contributed by atoms with Crippen molar-refractivity contribution in [3.8, 4) is 0 Å². The lowest BCUT2D eigenvalue weighted by atomic mass is 9.45. The van der Waals surface area contributed by atoms with Gasteiger partial charge in [-0.05, 0) is 67.1 Å². The molecular weight excluding hydrogens is 348 g/mol. The molecule has 3 heteroatoms. The summed E-state index contributed by atoms with van der Waals surface area (Å²) in [4.78, 5) is 12.2. The van der Waals surface area contributed by atoms with E-state index < -0.39 is 0 Å². The van der Waals surface area contributed by atoms with Gasteiger partial charge in [0.05, 0.1) is 12.7 Å². The zero-order valence-electron chi connectivity index (χ0n) is 18.6. The van der Waals surface area contributed by atoms with Gasteiger partial charge in [-0.2, -0.15) is 0 Å². The average molecular weight is 389 g/mol. The van der Waals surface area contributed by atoms with Crippen molar-refractivity contribution in [2.45, 2.75) is 85.7 Å². The molecule has 1 N–H and O–H groups in total. The molecule has 0 heterocycles. The molecule has 0 saturated heterocycles. The number of rotatable bonds is 5. The molecule has 0 aromatic rings. The molecule has 3 nitrogen and oxygen atoms in total. The maximum absolute atomic E-state index is 12.2. The first-order valence-corrected chi connectivity index (χ1v) is 11.2. The molecule has 6 atom stereocenters. The Morgan fingerprint density at radius 3 is 2.71 bits per heavy atom.